The summed E-state index contributed by atoms with van der Waals surface area (Å²) in [5.41, 5.74) is 0.772. The van der Waals surface area contributed by atoms with E-state index in [4.69, 9.17) is 9.47 Å². The highest BCUT2D eigenvalue weighted by Gasteiger charge is 2.39. The van der Waals surface area contributed by atoms with Crippen LogP contribution in [0.2, 0.25) is 0 Å². The predicted octanol–water partition coefficient (Wildman–Crippen LogP) is 3.37. The zero-order valence-corrected chi connectivity index (χ0v) is 15.1. The molecule has 0 aromatic heterocycles. The first kappa shape index (κ1) is 16.6. The van der Waals surface area contributed by atoms with Crippen LogP contribution in [0.4, 0.5) is 5.69 Å². The van der Waals surface area contributed by atoms with Crippen LogP contribution in [0.1, 0.15) is 19.4 Å². The molecule has 0 bridgehead atoms. The van der Waals surface area contributed by atoms with Crippen LogP contribution in [0.5, 0.6) is 11.5 Å². The Morgan fingerprint density at radius 2 is 1.88 bits per heavy atom. The third kappa shape index (κ3) is 2.82. The summed E-state index contributed by atoms with van der Waals surface area (Å²) in [5, 5.41) is 0. The highest BCUT2D eigenvalue weighted by molar-refractivity contribution is 7.93. The van der Waals surface area contributed by atoms with Gasteiger partial charge in [-0.2, -0.15) is 0 Å². The number of hydrogen-bond acceptors (Lipinski definition) is 4. The van der Waals surface area contributed by atoms with E-state index in [-0.39, 0.29) is 11.4 Å². The number of fused-ring (bicyclic) bond motifs is 1. The van der Waals surface area contributed by atoms with Crippen molar-refractivity contribution < 1.29 is 17.9 Å². The number of anilines is 1. The fraction of sp³-hybridized carbons (Fsp3) is 0.333. The van der Waals surface area contributed by atoms with Gasteiger partial charge in [-0.15, -0.1) is 0 Å². The molecule has 0 radical (unpaired) electrons. The molecular weight excluding hydrogens is 326 g/mol. The van der Waals surface area contributed by atoms with Crippen molar-refractivity contribution in [2.45, 2.75) is 31.3 Å². The molecule has 1 aliphatic rings. The summed E-state index contributed by atoms with van der Waals surface area (Å²) < 4.78 is 39.3. The Labute approximate surface area is 142 Å². The molecule has 0 saturated carbocycles. The van der Waals surface area contributed by atoms with Crippen molar-refractivity contribution in [2.75, 3.05) is 18.0 Å². The Morgan fingerprint density at radius 3 is 2.58 bits per heavy atom. The minimum atomic E-state index is -3.78. The van der Waals surface area contributed by atoms with Crippen molar-refractivity contribution in [3.05, 3.63) is 48.0 Å². The SMILES string of the molecule is COc1ccc(C)cc1S(=O)(=O)N1CC(C)(C)Oc2ccccc21. The Morgan fingerprint density at radius 1 is 1.17 bits per heavy atom. The highest BCUT2D eigenvalue weighted by Crippen LogP contribution is 2.41. The minimum Gasteiger partial charge on any atom is -0.495 e. The van der Waals surface area contributed by atoms with Gasteiger partial charge in [-0.25, -0.2) is 8.42 Å². The Kier molecular flexibility index (Phi) is 3.95. The molecule has 6 heteroatoms. The highest BCUT2D eigenvalue weighted by atomic mass is 32.2. The number of para-hydroxylation sites is 2. The average molecular weight is 347 g/mol. The van der Waals surface area contributed by atoms with Crippen LogP contribution >= 0.6 is 0 Å². The Hall–Kier alpha value is -2.21. The maximum Gasteiger partial charge on any atom is 0.268 e. The predicted molar refractivity (Wildman–Crippen MR) is 93.4 cm³/mol. The molecule has 1 heterocycles. The van der Waals surface area contributed by atoms with Crippen LogP contribution in [0.15, 0.2) is 47.4 Å². The summed E-state index contributed by atoms with van der Waals surface area (Å²) >= 11 is 0. The second-order valence-electron chi connectivity index (χ2n) is 6.50. The molecule has 0 spiro atoms. The number of hydrogen-bond donors (Lipinski definition) is 0. The van der Waals surface area contributed by atoms with Gasteiger partial charge >= 0.3 is 0 Å². The standard InChI is InChI=1S/C18H21NO4S/c1-13-9-10-16(22-4)17(11-13)24(20,21)19-12-18(2,3)23-15-8-6-5-7-14(15)19/h5-11H,12H2,1-4H3. The third-order valence-electron chi connectivity index (χ3n) is 3.93. The third-order valence-corrected chi connectivity index (χ3v) is 5.71. The molecule has 3 rings (SSSR count). The number of methoxy groups -OCH3 is 1. The van der Waals surface area contributed by atoms with Crippen LogP contribution in [-0.4, -0.2) is 27.7 Å². The van der Waals surface area contributed by atoms with Gasteiger partial charge in [-0.3, -0.25) is 4.31 Å². The fourth-order valence-electron chi connectivity index (χ4n) is 2.83. The van der Waals surface area contributed by atoms with Crippen LogP contribution < -0.4 is 13.8 Å². The molecule has 24 heavy (non-hydrogen) atoms. The first-order valence-corrected chi connectivity index (χ1v) is 9.14. The first-order valence-electron chi connectivity index (χ1n) is 7.70. The van der Waals surface area contributed by atoms with Crippen molar-refractivity contribution in [1.29, 1.82) is 0 Å². The number of sulfonamides is 1. The van der Waals surface area contributed by atoms with Crippen LogP contribution in [0.3, 0.4) is 0 Å². The number of ether oxygens (including phenoxy) is 2. The average Bonchev–Trinajstić information content (AvgIpc) is 2.53. The number of benzene rings is 2. The lowest BCUT2D eigenvalue weighted by Gasteiger charge is -2.40. The van der Waals surface area contributed by atoms with E-state index in [1.165, 1.54) is 11.4 Å². The van der Waals surface area contributed by atoms with E-state index in [0.29, 0.717) is 17.2 Å². The van der Waals surface area contributed by atoms with Gasteiger partial charge in [-0.1, -0.05) is 18.2 Å². The fourth-order valence-corrected chi connectivity index (χ4v) is 4.70. The molecule has 0 atom stereocenters. The maximum absolute atomic E-state index is 13.4. The minimum absolute atomic E-state index is 0.164. The van der Waals surface area contributed by atoms with E-state index in [1.54, 1.807) is 30.3 Å². The van der Waals surface area contributed by atoms with Gasteiger partial charge < -0.3 is 9.47 Å². The lowest BCUT2D eigenvalue weighted by Crippen LogP contribution is -2.49. The molecule has 128 valence electrons. The van der Waals surface area contributed by atoms with Gasteiger partial charge in [0.2, 0.25) is 0 Å². The smallest absolute Gasteiger partial charge is 0.268 e. The van der Waals surface area contributed by atoms with Crippen LogP contribution in [0, 0.1) is 6.92 Å². The molecule has 5 nitrogen and oxygen atoms in total. The Bertz CT molecular complexity index is 874. The van der Waals surface area contributed by atoms with Crippen molar-refractivity contribution in [3.8, 4) is 11.5 Å². The van der Waals surface area contributed by atoms with Gasteiger partial charge in [0.1, 0.15) is 22.0 Å². The number of rotatable bonds is 3. The van der Waals surface area contributed by atoms with E-state index in [0.717, 1.165) is 5.56 Å². The molecule has 0 saturated heterocycles. The summed E-state index contributed by atoms with van der Waals surface area (Å²) in [6, 6.07) is 12.3. The Balaban J connectivity index is 2.19. The van der Waals surface area contributed by atoms with Crippen molar-refractivity contribution >= 4 is 15.7 Å². The van der Waals surface area contributed by atoms with Crippen molar-refractivity contribution in [2.24, 2.45) is 0 Å². The second-order valence-corrected chi connectivity index (χ2v) is 8.33. The van der Waals surface area contributed by atoms with Crippen molar-refractivity contribution in [3.63, 3.8) is 0 Å². The molecule has 1 aliphatic heterocycles. The molecule has 2 aromatic rings. The molecule has 0 aliphatic carbocycles. The van der Waals surface area contributed by atoms with Gasteiger partial charge in [0, 0.05) is 0 Å². The molecule has 0 amide bonds. The number of aryl methyl sites for hydroxylation is 1. The first-order chi connectivity index (χ1) is 11.2. The van der Waals surface area contributed by atoms with Crippen LogP contribution in [0.25, 0.3) is 0 Å². The number of nitrogens with zero attached hydrogens (tertiary/aromatic N) is 1. The lowest BCUT2D eigenvalue weighted by atomic mass is 10.1. The quantitative estimate of drug-likeness (QED) is 0.854. The summed E-state index contributed by atoms with van der Waals surface area (Å²) in [5.74, 6) is 0.895. The summed E-state index contributed by atoms with van der Waals surface area (Å²) in [7, 11) is -2.31. The second kappa shape index (κ2) is 5.70. The van der Waals surface area contributed by atoms with Gasteiger partial charge in [0.25, 0.3) is 10.0 Å². The van der Waals surface area contributed by atoms with E-state index < -0.39 is 15.6 Å². The molecule has 0 fully saturated rings. The van der Waals surface area contributed by atoms with Gasteiger partial charge in [-0.05, 0) is 50.6 Å². The monoisotopic (exact) mass is 347 g/mol. The topological polar surface area (TPSA) is 55.8 Å². The molecule has 0 N–H and O–H groups in total. The zero-order chi connectivity index (χ0) is 17.5. The maximum atomic E-state index is 13.4. The van der Waals surface area contributed by atoms with E-state index in [1.807, 2.05) is 32.9 Å². The largest absolute Gasteiger partial charge is 0.495 e. The normalized spacial score (nSPS) is 16.2. The molecule has 2 aromatic carbocycles. The summed E-state index contributed by atoms with van der Waals surface area (Å²) in [4.78, 5) is 0.164. The zero-order valence-electron chi connectivity index (χ0n) is 14.2. The van der Waals surface area contributed by atoms with Crippen molar-refractivity contribution in [1.82, 2.24) is 0 Å². The molecular formula is C18H21NO4S. The summed E-state index contributed by atoms with van der Waals surface area (Å²) in [6.07, 6.45) is 0. The van der Waals surface area contributed by atoms with E-state index in [9.17, 15) is 8.42 Å². The van der Waals surface area contributed by atoms with E-state index in [2.05, 4.69) is 0 Å². The van der Waals surface area contributed by atoms with E-state index >= 15 is 0 Å². The van der Waals surface area contributed by atoms with Gasteiger partial charge in [0.15, 0.2) is 0 Å². The van der Waals surface area contributed by atoms with Crippen LogP contribution in [-0.2, 0) is 10.0 Å². The lowest BCUT2D eigenvalue weighted by molar-refractivity contribution is 0.110. The van der Waals surface area contributed by atoms with Gasteiger partial charge in [0.05, 0.1) is 19.3 Å². The summed E-state index contributed by atoms with van der Waals surface area (Å²) in [6.45, 7) is 5.83. The molecule has 0 unspecified atom stereocenters.